The summed E-state index contributed by atoms with van der Waals surface area (Å²) in [6.07, 6.45) is 11.0. The molecule has 2 aliphatic rings. The molecule has 5 aromatic carbocycles. The van der Waals surface area contributed by atoms with E-state index in [9.17, 15) is 0 Å². The summed E-state index contributed by atoms with van der Waals surface area (Å²) in [4.78, 5) is 4.81. The Labute approximate surface area is 387 Å². The summed E-state index contributed by atoms with van der Waals surface area (Å²) in [6.45, 7) is 39.1. The fourth-order valence-corrected chi connectivity index (χ4v) is 7.64. The highest BCUT2D eigenvalue weighted by Gasteiger charge is 2.27. The van der Waals surface area contributed by atoms with Crippen LogP contribution < -0.4 is 14.4 Å². The van der Waals surface area contributed by atoms with E-state index in [1.165, 1.54) is 66.6 Å². The van der Waals surface area contributed by atoms with Crippen LogP contribution in [0.25, 0.3) is 27.3 Å². The largest absolute Gasteiger partial charge is 0.345 e. The van der Waals surface area contributed by atoms with Crippen molar-refractivity contribution in [2.24, 2.45) is 7.05 Å². The first-order chi connectivity index (χ1) is 30.8. The van der Waals surface area contributed by atoms with Crippen LogP contribution in [0.5, 0.6) is 0 Å². The smallest absolute Gasteiger partial charge is 0.294 e. The van der Waals surface area contributed by atoms with Gasteiger partial charge in [-0.15, -0.1) is 0 Å². The SMILES string of the molecule is CC.CC.CC.CC.CC.CC.CC.Cc1cccc2c3ccccc3n3cc[n+](C)c3c12.Cc1ccccc1N1C=CC[C@@H]1C.Cc1ccccc1N1c2ccccc2C[C@@H]1C. The van der Waals surface area contributed by atoms with Crippen molar-refractivity contribution in [1.82, 2.24) is 4.40 Å². The van der Waals surface area contributed by atoms with Gasteiger partial charge in [0.25, 0.3) is 5.65 Å². The first kappa shape index (κ1) is 57.7. The second-order valence-corrected chi connectivity index (χ2v) is 13.6. The molecule has 0 spiro atoms. The van der Waals surface area contributed by atoms with E-state index in [0.29, 0.717) is 12.1 Å². The molecule has 2 atom stereocenters. The van der Waals surface area contributed by atoms with Gasteiger partial charge in [-0.3, -0.25) is 0 Å². The Morgan fingerprint density at radius 2 is 0.968 bits per heavy atom. The van der Waals surface area contributed by atoms with Crippen molar-refractivity contribution in [1.29, 1.82) is 0 Å². The summed E-state index contributed by atoms with van der Waals surface area (Å²) in [5.41, 5.74) is 12.0. The predicted octanol–water partition coefficient (Wildman–Crippen LogP) is 17.7. The minimum Gasteiger partial charge on any atom is -0.345 e. The zero-order valence-electron chi connectivity index (χ0n) is 43.6. The fraction of sp³-hybridized carbons (Fsp3) is 0.407. The van der Waals surface area contributed by atoms with Gasteiger partial charge in [0.15, 0.2) is 0 Å². The van der Waals surface area contributed by atoms with Crippen LogP contribution in [0, 0.1) is 20.8 Å². The number of aromatic nitrogens is 2. The van der Waals surface area contributed by atoms with Crippen LogP contribution in [0.15, 0.2) is 140 Å². The zero-order chi connectivity index (χ0) is 48.1. The van der Waals surface area contributed by atoms with Gasteiger partial charge in [-0.05, 0) is 94.0 Å². The summed E-state index contributed by atoms with van der Waals surface area (Å²) in [7, 11) is 2.11. The third kappa shape index (κ3) is 14.6. The molecule has 4 heteroatoms. The Morgan fingerprint density at radius 3 is 1.52 bits per heavy atom. The fourth-order valence-electron chi connectivity index (χ4n) is 7.64. The van der Waals surface area contributed by atoms with Crippen LogP contribution in [0.3, 0.4) is 0 Å². The van der Waals surface area contributed by atoms with E-state index in [4.69, 9.17) is 0 Å². The van der Waals surface area contributed by atoms with Crippen molar-refractivity contribution in [2.75, 3.05) is 9.80 Å². The second kappa shape index (κ2) is 32.3. The maximum Gasteiger partial charge on any atom is 0.294 e. The molecular formula is C59H89N4+. The molecule has 2 aliphatic heterocycles. The topological polar surface area (TPSA) is 14.8 Å². The number of benzene rings is 5. The zero-order valence-corrected chi connectivity index (χ0v) is 43.6. The van der Waals surface area contributed by atoms with Gasteiger partial charge >= 0.3 is 0 Å². The number of para-hydroxylation sites is 4. The average Bonchev–Trinajstić information content (AvgIpc) is 4.07. The highest BCUT2D eigenvalue weighted by molar-refractivity contribution is 6.12. The minimum absolute atomic E-state index is 0.550. The highest BCUT2D eigenvalue weighted by atomic mass is 15.2. The summed E-state index contributed by atoms with van der Waals surface area (Å²) in [5.74, 6) is 0. The monoisotopic (exact) mass is 854 g/mol. The van der Waals surface area contributed by atoms with Gasteiger partial charge in [0.05, 0.1) is 12.4 Å². The highest BCUT2D eigenvalue weighted by Crippen LogP contribution is 2.39. The molecule has 0 saturated heterocycles. The van der Waals surface area contributed by atoms with Crippen LogP contribution in [-0.2, 0) is 13.5 Å². The maximum absolute atomic E-state index is 2.46. The Balaban J connectivity index is 0.000000811. The van der Waals surface area contributed by atoms with E-state index in [0.717, 1.165) is 12.8 Å². The van der Waals surface area contributed by atoms with E-state index < -0.39 is 0 Å². The number of anilines is 3. The van der Waals surface area contributed by atoms with Crippen molar-refractivity contribution < 1.29 is 4.57 Å². The van der Waals surface area contributed by atoms with Crippen molar-refractivity contribution in [3.8, 4) is 0 Å². The van der Waals surface area contributed by atoms with Crippen molar-refractivity contribution in [2.45, 2.75) is 156 Å². The van der Waals surface area contributed by atoms with Crippen molar-refractivity contribution in [3.05, 3.63) is 162 Å². The third-order valence-corrected chi connectivity index (χ3v) is 10.1. The number of pyridine rings is 1. The second-order valence-electron chi connectivity index (χ2n) is 13.6. The number of imidazole rings is 1. The molecule has 0 N–H and O–H groups in total. The van der Waals surface area contributed by atoms with Crippen LogP contribution in [0.4, 0.5) is 17.1 Å². The van der Waals surface area contributed by atoms with E-state index in [2.05, 4.69) is 200 Å². The third-order valence-electron chi connectivity index (χ3n) is 10.1. The van der Waals surface area contributed by atoms with Crippen molar-refractivity contribution >= 4 is 44.4 Å². The lowest BCUT2D eigenvalue weighted by Gasteiger charge is -2.26. The number of nitrogens with zero attached hydrogens (tertiary/aromatic N) is 4. The van der Waals surface area contributed by atoms with Gasteiger partial charge in [0.1, 0.15) is 17.9 Å². The van der Waals surface area contributed by atoms with Crippen molar-refractivity contribution in [3.63, 3.8) is 0 Å². The van der Waals surface area contributed by atoms with Gasteiger partial charge in [-0.1, -0.05) is 194 Å². The van der Waals surface area contributed by atoms with Crippen LogP contribution in [-0.4, -0.2) is 16.5 Å². The molecule has 7 aromatic rings. The Hall–Kier alpha value is -5.35. The van der Waals surface area contributed by atoms with Gasteiger partial charge in [-0.2, -0.15) is 4.40 Å². The Kier molecular flexibility index (Phi) is 29.6. The van der Waals surface area contributed by atoms with E-state index in [-0.39, 0.29) is 0 Å². The summed E-state index contributed by atoms with van der Waals surface area (Å²) >= 11 is 0. The van der Waals surface area contributed by atoms with E-state index in [1.807, 2.05) is 96.9 Å². The summed E-state index contributed by atoms with van der Waals surface area (Å²) in [6, 6.07) is 42.2. The van der Waals surface area contributed by atoms with Crippen LogP contribution in [0.1, 0.15) is 139 Å². The van der Waals surface area contributed by atoms with E-state index in [1.54, 1.807) is 0 Å². The number of hydrogen-bond donors (Lipinski definition) is 0. The number of fused-ring (bicyclic) bond motifs is 7. The molecule has 2 aromatic heterocycles. The van der Waals surface area contributed by atoms with Gasteiger partial charge in [-0.25, -0.2) is 4.57 Å². The Bertz CT molecular complexity index is 2300. The van der Waals surface area contributed by atoms with Crippen LogP contribution >= 0.6 is 0 Å². The molecule has 0 radical (unpaired) electrons. The molecule has 9 rings (SSSR count). The molecule has 0 bridgehead atoms. The minimum atomic E-state index is 0.550. The van der Waals surface area contributed by atoms with Crippen LogP contribution in [0.2, 0.25) is 0 Å². The molecule has 0 saturated carbocycles. The molecular weight excluding hydrogens is 765 g/mol. The summed E-state index contributed by atoms with van der Waals surface area (Å²) < 4.78 is 4.48. The first-order valence-electron chi connectivity index (χ1n) is 24.5. The number of hydrogen-bond acceptors (Lipinski definition) is 2. The number of aryl methyl sites for hydroxylation is 4. The first-order valence-corrected chi connectivity index (χ1v) is 24.5. The maximum atomic E-state index is 2.46. The number of rotatable bonds is 2. The molecule has 344 valence electrons. The normalized spacial score (nSPS) is 13.5. The molecule has 0 fully saturated rings. The lowest BCUT2D eigenvalue weighted by molar-refractivity contribution is -0.643. The standard InChI is InChI=1S/C17H15N2.C16H17N.C12H15N.7C2H6/c1-12-6-5-8-14-13-7-3-4-9-15(13)19-11-10-18(2)17(19)16(12)14;1-12-7-3-5-9-15(12)17-13(2)11-14-8-4-6-10-16(14)17;1-10-6-3-4-8-12(10)13-9-5-7-11(13)2;7*1-2/h3-11H,1-2H3;3-10,13H,11H2,1-2H3;3-6,8-9,11H,7H2,1-2H3;7*1-2H3/q+1;;;;;;;;;/t;13-;11-;;;;;;;/m.00......./s1. The quantitative estimate of drug-likeness (QED) is 0.127. The molecule has 0 amide bonds. The Morgan fingerprint density at radius 1 is 0.492 bits per heavy atom. The van der Waals surface area contributed by atoms with E-state index >= 15 is 0 Å². The molecule has 4 heterocycles. The van der Waals surface area contributed by atoms with Gasteiger partial charge in [0, 0.05) is 46.1 Å². The predicted molar refractivity (Wildman–Crippen MR) is 288 cm³/mol. The lowest BCUT2D eigenvalue weighted by Crippen LogP contribution is -2.26. The molecule has 4 nitrogen and oxygen atoms in total. The average molecular weight is 854 g/mol. The van der Waals surface area contributed by atoms with Gasteiger partial charge in [0.2, 0.25) is 0 Å². The van der Waals surface area contributed by atoms with Gasteiger partial charge < -0.3 is 9.80 Å². The molecule has 0 aliphatic carbocycles. The molecule has 63 heavy (non-hydrogen) atoms. The lowest BCUT2D eigenvalue weighted by atomic mass is 10.0. The summed E-state index contributed by atoms with van der Waals surface area (Å²) in [5, 5.41) is 3.98. The molecule has 0 unspecified atom stereocenters.